The molecule has 0 amide bonds. The molecule has 2 aromatic rings. The van der Waals surface area contributed by atoms with Gasteiger partial charge in [0.25, 0.3) is 0 Å². The van der Waals surface area contributed by atoms with Gasteiger partial charge in [0.1, 0.15) is 10.1 Å². The molecule has 2 atom stereocenters. The third-order valence-electron chi connectivity index (χ3n) is 4.67. The summed E-state index contributed by atoms with van der Waals surface area (Å²) in [7, 11) is -3.06. The van der Waals surface area contributed by atoms with Crippen molar-refractivity contribution in [3.63, 3.8) is 0 Å². The molecule has 0 saturated heterocycles. The zero-order chi connectivity index (χ0) is 19.3. The molecule has 0 N–H and O–H groups in total. The van der Waals surface area contributed by atoms with E-state index in [1.165, 1.54) is 19.2 Å². The van der Waals surface area contributed by atoms with Crippen LogP contribution in [0.1, 0.15) is 60.0 Å². The fourth-order valence-electron chi connectivity index (χ4n) is 3.07. The van der Waals surface area contributed by atoms with Gasteiger partial charge >= 0.3 is 35.5 Å². The average molecular weight is 398 g/mol. The fraction of sp³-hybridized carbons (Fsp3) is 0.350. The normalized spacial score (nSPS) is 13.3. The number of ether oxygens (including phenoxy) is 1. The number of benzene rings is 2. The Morgan fingerprint density at radius 3 is 2.00 bits per heavy atom. The third-order valence-corrected chi connectivity index (χ3v) is 5.52. The number of rotatable bonds is 7. The number of methoxy groups -OCH3 is 1. The second-order valence-corrected chi connectivity index (χ2v) is 7.76. The fourth-order valence-corrected chi connectivity index (χ4v) is 3.54. The van der Waals surface area contributed by atoms with Crippen molar-refractivity contribution in [2.75, 3.05) is 7.11 Å². The van der Waals surface area contributed by atoms with Crippen LogP contribution in [0.25, 0.3) is 0 Å². The van der Waals surface area contributed by atoms with E-state index >= 15 is 0 Å². The largest absolute Gasteiger partial charge is 1.00 e. The van der Waals surface area contributed by atoms with Crippen molar-refractivity contribution in [2.45, 2.75) is 43.4 Å². The maximum absolute atomic E-state index is 11.5. The van der Waals surface area contributed by atoms with Gasteiger partial charge in [0.2, 0.25) is 0 Å². The summed E-state index contributed by atoms with van der Waals surface area (Å²) in [6, 6.07) is 13.5. The zero-order valence-electron chi connectivity index (χ0n) is 16.1. The van der Waals surface area contributed by atoms with Gasteiger partial charge in [0.15, 0.2) is 0 Å². The van der Waals surface area contributed by atoms with Gasteiger partial charge in [0.05, 0.1) is 17.6 Å². The Kier molecular flexibility index (Phi) is 9.18. The summed E-state index contributed by atoms with van der Waals surface area (Å²) < 4.78 is 37.9. The first-order valence-corrected chi connectivity index (χ1v) is 9.91. The van der Waals surface area contributed by atoms with E-state index in [9.17, 15) is 17.8 Å². The molecule has 0 aliphatic rings. The first kappa shape index (κ1) is 23.9. The quantitative estimate of drug-likeness (QED) is 0.396. The molecule has 0 spiro atoms. The Bertz CT molecular complexity index is 845. The summed E-state index contributed by atoms with van der Waals surface area (Å²) in [6.07, 6.45) is 1.77. The topological polar surface area (TPSA) is 83.5 Å². The minimum absolute atomic E-state index is 0. The van der Waals surface area contributed by atoms with Gasteiger partial charge in [-0.1, -0.05) is 38.1 Å². The van der Waals surface area contributed by atoms with Crippen molar-refractivity contribution in [2.24, 2.45) is 0 Å². The smallest absolute Gasteiger partial charge is 0.744 e. The predicted molar refractivity (Wildman–Crippen MR) is 98.3 cm³/mol. The van der Waals surface area contributed by atoms with E-state index in [4.69, 9.17) is 4.74 Å². The minimum Gasteiger partial charge on any atom is -0.744 e. The van der Waals surface area contributed by atoms with E-state index in [0.29, 0.717) is 5.56 Å². The van der Waals surface area contributed by atoms with Crippen molar-refractivity contribution in [1.82, 2.24) is 0 Å². The van der Waals surface area contributed by atoms with E-state index < -0.39 is 10.1 Å². The van der Waals surface area contributed by atoms with Gasteiger partial charge in [-0.3, -0.25) is 0 Å². The van der Waals surface area contributed by atoms with E-state index in [1.54, 1.807) is 24.3 Å². The van der Waals surface area contributed by atoms with E-state index in [-0.39, 0.29) is 52.3 Å². The molecule has 0 aliphatic carbocycles. The molecule has 2 unspecified atom stereocenters. The van der Waals surface area contributed by atoms with Crippen molar-refractivity contribution in [3.8, 4) is 0 Å². The Morgan fingerprint density at radius 2 is 1.56 bits per heavy atom. The van der Waals surface area contributed by atoms with Crippen LogP contribution in [0, 0.1) is 0 Å². The monoisotopic (exact) mass is 398 g/mol. The average Bonchev–Trinajstić information content (AvgIpc) is 2.64. The summed E-state index contributed by atoms with van der Waals surface area (Å²) in [4.78, 5) is 11.3. The molecule has 5 nitrogen and oxygen atoms in total. The van der Waals surface area contributed by atoms with E-state index in [1.807, 2.05) is 12.1 Å². The number of esters is 1. The zero-order valence-corrected chi connectivity index (χ0v) is 19.0. The molecule has 0 aliphatic heterocycles. The van der Waals surface area contributed by atoms with E-state index in [2.05, 4.69) is 13.8 Å². The molecule has 2 aromatic carbocycles. The minimum atomic E-state index is -4.42. The van der Waals surface area contributed by atoms with Crippen LogP contribution in [0.5, 0.6) is 0 Å². The van der Waals surface area contributed by atoms with Crippen LogP contribution in [0.2, 0.25) is 0 Å². The second kappa shape index (κ2) is 10.4. The molecule has 0 saturated carbocycles. The van der Waals surface area contributed by atoms with Crippen LogP contribution < -0.4 is 29.6 Å². The summed E-state index contributed by atoms with van der Waals surface area (Å²) in [5.41, 5.74) is 2.65. The number of carbonyl (C=O) groups excluding carboxylic acids is 1. The molecule has 0 heterocycles. The van der Waals surface area contributed by atoms with Crippen molar-refractivity contribution < 1.29 is 52.1 Å². The molecule has 0 fully saturated rings. The summed E-state index contributed by atoms with van der Waals surface area (Å²) in [5, 5.41) is 0. The molecule has 0 aromatic heterocycles. The molecule has 7 heteroatoms. The van der Waals surface area contributed by atoms with Crippen LogP contribution in [0.15, 0.2) is 53.4 Å². The molecule has 2 rings (SSSR count). The Balaban J connectivity index is 0.00000364. The molecule has 0 radical (unpaired) electrons. The van der Waals surface area contributed by atoms with Gasteiger partial charge in [-0.25, -0.2) is 13.2 Å². The Hall–Kier alpha value is -1.18. The van der Waals surface area contributed by atoms with Crippen molar-refractivity contribution in [1.29, 1.82) is 0 Å². The maximum atomic E-state index is 11.5. The van der Waals surface area contributed by atoms with Gasteiger partial charge in [-0.05, 0) is 60.1 Å². The van der Waals surface area contributed by atoms with Crippen LogP contribution in [0.3, 0.4) is 0 Å². The standard InChI is InChI=1S/C20H24O5S.Na/c1-4-15(17-9-11-19(12-10-17)26(22,23)24)13-14(2)16-5-7-18(8-6-16)20(21)25-3;/h5-12,14-15H,4,13H2,1-3H3,(H,22,23,24);/q;+1/p-1. The maximum Gasteiger partial charge on any atom is 1.00 e. The van der Waals surface area contributed by atoms with Gasteiger partial charge in [-0.15, -0.1) is 0 Å². The van der Waals surface area contributed by atoms with Crippen LogP contribution >= 0.6 is 0 Å². The van der Waals surface area contributed by atoms with Crippen LogP contribution in [-0.4, -0.2) is 26.0 Å². The number of hydrogen-bond donors (Lipinski definition) is 0. The van der Waals surface area contributed by atoms with E-state index in [0.717, 1.165) is 24.0 Å². The number of hydrogen-bond acceptors (Lipinski definition) is 5. The summed E-state index contributed by atoms with van der Waals surface area (Å²) in [5.74, 6) is 0.146. The first-order valence-electron chi connectivity index (χ1n) is 8.50. The molecular weight excluding hydrogens is 375 g/mol. The molecule has 140 valence electrons. The van der Waals surface area contributed by atoms with Crippen LogP contribution in [0.4, 0.5) is 0 Å². The Morgan fingerprint density at radius 1 is 1.04 bits per heavy atom. The summed E-state index contributed by atoms with van der Waals surface area (Å²) >= 11 is 0. The van der Waals surface area contributed by atoms with Crippen LogP contribution in [-0.2, 0) is 14.9 Å². The van der Waals surface area contributed by atoms with Crippen molar-refractivity contribution >= 4 is 16.1 Å². The Labute approximate surface area is 183 Å². The molecular formula is C20H23NaO5S. The van der Waals surface area contributed by atoms with Gasteiger partial charge in [0, 0.05) is 0 Å². The second-order valence-electron chi connectivity index (χ2n) is 6.38. The molecule has 0 bridgehead atoms. The van der Waals surface area contributed by atoms with Gasteiger partial charge in [-0.2, -0.15) is 0 Å². The number of carbonyl (C=O) groups is 1. The molecule has 27 heavy (non-hydrogen) atoms. The SMILES string of the molecule is CCC(CC(C)c1ccc(C(=O)OC)cc1)c1ccc(S(=O)(=O)[O-])cc1.[Na+]. The first-order chi connectivity index (χ1) is 12.3. The summed E-state index contributed by atoms with van der Waals surface area (Å²) in [6.45, 7) is 4.20. The van der Waals surface area contributed by atoms with Gasteiger partial charge < -0.3 is 9.29 Å². The third kappa shape index (κ3) is 6.43. The van der Waals surface area contributed by atoms with Crippen molar-refractivity contribution in [3.05, 3.63) is 65.2 Å². The predicted octanol–water partition coefficient (Wildman–Crippen LogP) is 1.07.